The Labute approximate surface area is 108 Å². The van der Waals surface area contributed by atoms with Crippen LogP contribution in [0, 0.1) is 5.41 Å². The Hall–Kier alpha value is 0.200. The third kappa shape index (κ3) is 4.29. The lowest BCUT2D eigenvalue weighted by Gasteiger charge is -2.45. The lowest BCUT2D eigenvalue weighted by molar-refractivity contribution is 0.129. The maximum absolute atomic E-state index is 11.3. The number of rotatable bonds is 5. The molecule has 0 saturated heterocycles. The number of nitrogens with one attached hydrogen (secondary N) is 1. The summed E-state index contributed by atoms with van der Waals surface area (Å²) in [4.78, 5) is 11.3. The molecule has 0 radical (unpaired) electrons. The van der Waals surface area contributed by atoms with Crippen LogP contribution < -0.4 is 5.32 Å². The van der Waals surface area contributed by atoms with Crippen LogP contribution in [0.15, 0.2) is 0 Å². The predicted molar refractivity (Wildman–Crippen MR) is 74.6 cm³/mol. The summed E-state index contributed by atoms with van der Waals surface area (Å²) >= 11 is 1.83. The van der Waals surface area contributed by atoms with Gasteiger partial charge in [0.25, 0.3) is 3.91 Å². The van der Waals surface area contributed by atoms with Crippen molar-refractivity contribution in [2.45, 2.75) is 65.8 Å². The molecule has 0 rings (SSSR count). The van der Waals surface area contributed by atoms with Crippen LogP contribution in [0.25, 0.3) is 0 Å². The molecule has 0 aromatic rings. The second-order valence-corrected chi connectivity index (χ2v) is 6.17. The maximum atomic E-state index is 11.3. The van der Waals surface area contributed by atoms with Crippen molar-refractivity contribution >= 4 is 26.5 Å². The monoisotopic (exact) mass is 325 g/mol. The minimum absolute atomic E-state index is 0.0543. The van der Waals surface area contributed by atoms with E-state index in [2.05, 4.69) is 39.9 Å². The van der Waals surface area contributed by atoms with Crippen molar-refractivity contribution in [3.05, 3.63) is 0 Å². The van der Waals surface area contributed by atoms with Gasteiger partial charge in [0.1, 0.15) is 0 Å². The molecule has 90 valence electrons. The van der Waals surface area contributed by atoms with Crippen LogP contribution in [-0.2, 0) is 0 Å². The lowest BCUT2D eigenvalue weighted by Crippen LogP contribution is -2.55. The molecule has 1 amide bonds. The van der Waals surface area contributed by atoms with Gasteiger partial charge in [-0.2, -0.15) is 0 Å². The van der Waals surface area contributed by atoms with Gasteiger partial charge in [-0.15, -0.1) is 0 Å². The van der Waals surface area contributed by atoms with Crippen molar-refractivity contribution < 1.29 is 4.79 Å². The highest BCUT2D eigenvalue weighted by molar-refractivity contribution is 14.1. The van der Waals surface area contributed by atoms with E-state index in [9.17, 15) is 4.79 Å². The van der Waals surface area contributed by atoms with E-state index in [4.69, 9.17) is 0 Å². The van der Waals surface area contributed by atoms with Crippen molar-refractivity contribution in [2.75, 3.05) is 0 Å². The number of hydrogen-bond donors (Lipinski definition) is 1. The van der Waals surface area contributed by atoms with Crippen LogP contribution in [-0.4, -0.2) is 9.45 Å². The summed E-state index contributed by atoms with van der Waals surface area (Å²) in [7, 11) is 0. The van der Waals surface area contributed by atoms with E-state index in [1.807, 2.05) is 22.6 Å². The zero-order valence-electron chi connectivity index (χ0n) is 10.6. The van der Waals surface area contributed by atoms with E-state index in [1.54, 1.807) is 0 Å². The SMILES string of the molecule is CCCCC(CC)(NC(=O)I)C(C)(C)C. The second kappa shape index (κ2) is 6.06. The average Bonchev–Trinajstić information content (AvgIpc) is 2.09. The van der Waals surface area contributed by atoms with E-state index < -0.39 is 0 Å². The third-order valence-corrected chi connectivity index (χ3v) is 3.60. The largest absolute Gasteiger partial charge is 0.342 e. The van der Waals surface area contributed by atoms with Gasteiger partial charge in [-0.1, -0.05) is 47.5 Å². The molecule has 1 atom stereocenters. The Kier molecular flexibility index (Phi) is 6.14. The second-order valence-electron chi connectivity index (χ2n) is 5.19. The van der Waals surface area contributed by atoms with Gasteiger partial charge in [-0.3, -0.25) is 4.79 Å². The van der Waals surface area contributed by atoms with Gasteiger partial charge in [-0.05, 0) is 18.3 Å². The Bertz CT molecular complexity index is 210. The molecule has 0 aromatic carbocycles. The fourth-order valence-corrected chi connectivity index (χ4v) is 2.60. The van der Waals surface area contributed by atoms with Gasteiger partial charge in [0.2, 0.25) is 0 Å². The molecular weight excluding hydrogens is 301 g/mol. The van der Waals surface area contributed by atoms with Crippen molar-refractivity contribution in [1.82, 2.24) is 5.32 Å². The molecule has 0 heterocycles. The maximum Gasteiger partial charge on any atom is 0.281 e. The van der Waals surface area contributed by atoms with Crippen molar-refractivity contribution in [3.8, 4) is 0 Å². The Morgan fingerprint density at radius 2 is 1.80 bits per heavy atom. The zero-order valence-corrected chi connectivity index (χ0v) is 12.8. The van der Waals surface area contributed by atoms with Crippen LogP contribution >= 0.6 is 22.6 Å². The third-order valence-electron chi connectivity index (χ3n) is 3.33. The van der Waals surface area contributed by atoms with Gasteiger partial charge in [0.15, 0.2) is 0 Å². The number of halogens is 1. The minimum Gasteiger partial charge on any atom is -0.342 e. The van der Waals surface area contributed by atoms with Gasteiger partial charge < -0.3 is 5.32 Å². The highest BCUT2D eigenvalue weighted by Crippen LogP contribution is 2.37. The predicted octanol–water partition coefficient (Wildman–Crippen LogP) is 4.52. The van der Waals surface area contributed by atoms with E-state index in [1.165, 1.54) is 12.8 Å². The molecule has 0 spiro atoms. The number of unbranched alkanes of at least 4 members (excludes halogenated alkanes) is 1. The van der Waals surface area contributed by atoms with Gasteiger partial charge in [0, 0.05) is 28.1 Å². The van der Waals surface area contributed by atoms with E-state index in [-0.39, 0.29) is 14.9 Å². The van der Waals surface area contributed by atoms with Crippen molar-refractivity contribution in [1.29, 1.82) is 0 Å². The first-order valence-corrected chi connectivity index (χ1v) is 6.84. The summed E-state index contributed by atoms with van der Waals surface area (Å²) < 4.78 is 0.0560. The zero-order chi connectivity index (χ0) is 12.1. The summed E-state index contributed by atoms with van der Waals surface area (Å²) in [5, 5.41) is 3.17. The standard InChI is InChI=1S/C12H24INO/c1-6-8-9-12(7-2,11(3,4)5)14-10(13)15/h6-9H2,1-5H3,(H,14,15). The summed E-state index contributed by atoms with van der Waals surface area (Å²) in [6.45, 7) is 11.0. The van der Waals surface area contributed by atoms with Crippen LogP contribution in [0.1, 0.15) is 60.3 Å². The van der Waals surface area contributed by atoms with Gasteiger partial charge in [-0.25, -0.2) is 0 Å². The van der Waals surface area contributed by atoms with E-state index >= 15 is 0 Å². The highest BCUT2D eigenvalue weighted by Gasteiger charge is 2.40. The molecule has 0 fully saturated rings. The van der Waals surface area contributed by atoms with Gasteiger partial charge >= 0.3 is 0 Å². The summed E-state index contributed by atoms with van der Waals surface area (Å²) in [5.41, 5.74) is 0.0546. The highest BCUT2D eigenvalue weighted by atomic mass is 127. The quantitative estimate of drug-likeness (QED) is 0.449. The summed E-state index contributed by atoms with van der Waals surface area (Å²) in [6.07, 6.45) is 4.40. The lowest BCUT2D eigenvalue weighted by atomic mass is 9.69. The molecule has 1 N–H and O–H groups in total. The van der Waals surface area contributed by atoms with Crippen LogP contribution in [0.5, 0.6) is 0 Å². The normalized spacial score (nSPS) is 15.9. The molecule has 3 heteroatoms. The van der Waals surface area contributed by atoms with Gasteiger partial charge in [0.05, 0.1) is 0 Å². The van der Waals surface area contributed by atoms with E-state index in [0.29, 0.717) is 0 Å². The Morgan fingerprint density at radius 3 is 2.07 bits per heavy atom. The molecule has 2 nitrogen and oxygen atoms in total. The first-order chi connectivity index (χ1) is 6.79. The molecule has 0 aliphatic heterocycles. The van der Waals surface area contributed by atoms with E-state index in [0.717, 1.165) is 12.8 Å². The molecular formula is C12H24INO. The molecule has 0 aromatic heterocycles. The number of carbonyl (C=O) groups excluding carboxylic acids is 1. The minimum atomic E-state index is -0.0543. The Balaban J connectivity index is 4.84. The number of hydrogen-bond acceptors (Lipinski definition) is 1. The van der Waals surface area contributed by atoms with Crippen LogP contribution in [0.2, 0.25) is 0 Å². The number of amides is 1. The number of carbonyl (C=O) groups is 1. The average molecular weight is 325 g/mol. The topological polar surface area (TPSA) is 29.1 Å². The molecule has 0 aliphatic rings. The molecule has 0 aliphatic carbocycles. The molecule has 0 saturated carbocycles. The first kappa shape index (κ1) is 15.2. The fraction of sp³-hybridized carbons (Fsp3) is 0.917. The molecule has 0 bridgehead atoms. The fourth-order valence-electron chi connectivity index (χ4n) is 2.09. The van der Waals surface area contributed by atoms with Crippen molar-refractivity contribution in [3.63, 3.8) is 0 Å². The summed E-state index contributed by atoms with van der Waals surface area (Å²) in [5.74, 6) is 0. The molecule has 1 unspecified atom stereocenters. The molecule has 15 heavy (non-hydrogen) atoms. The van der Waals surface area contributed by atoms with Crippen LogP contribution in [0.3, 0.4) is 0 Å². The summed E-state index contributed by atoms with van der Waals surface area (Å²) in [6, 6.07) is 0. The van der Waals surface area contributed by atoms with Crippen LogP contribution in [0.4, 0.5) is 4.79 Å². The van der Waals surface area contributed by atoms with Crippen molar-refractivity contribution in [2.24, 2.45) is 5.41 Å². The Morgan fingerprint density at radius 1 is 1.27 bits per heavy atom. The first-order valence-electron chi connectivity index (χ1n) is 5.76. The smallest absolute Gasteiger partial charge is 0.281 e.